The molecule has 2 atom stereocenters. The van der Waals surface area contributed by atoms with Gasteiger partial charge in [-0.2, -0.15) is 4.31 Å². The number of halogens is 1. The maximum absolute atomic E-state index is 12.6. The number of nitrogens with one attached hydrogen (secondary N) is 1. The molecule has 0 amide bonds. The first-order valence-corrected chi connectivity index (χ1v) is 8.17. The standard InChI is InChI=1S/C12H17BrN2O2S/c1-9-10(2)15(8-7-14-9)18(16,17)12-6-4-3-5-11(12)13/h3-6,9-10,14H,7-8H2,1-2H3. The van der Waals surface area contributed by atoms with E-state index in [0.717, 1.165) is 0 Å². The lowest BCUT2D eigenvalue weighted by Gasteiger charge is -2.37. The van der Waals surface area contributed by atoms with E-state index in [1.807, 2.05) is 19.9 Å². The fourth-order valence-electron chi connectivity index (χ4n) is 2.15. The van der Waals surface area contributed by atoms with Crippen molar-refractivity contribution < 1.29 is 8.42 Å². The first-order valence-electron chi connectivity index (χ1n) is 5.94. The Morgan fingerprint density at radius 3 is 2.67 bits per heavy atom. The highest BCUT2D eigenvalue weighted by Gasteiger charge is 2.35. The molecule has 1 N–H and O–H groups in total. The van der Waals surface area contributed by atoms with Gasteiger partial charge in [0, 0.05) is 29.6 Å². The quantitative estimate of drug-likeness (QED) is 0.898. The van der Waals surface area contributed by atoms with E-state index in [2.05, 4.69) is 21.2 Å². The molecule has 0 aromatic heterocycles. The van der Waals surface area contributed by atoms with E-state index in [0.29, 0.717) is 22.5 Å². The molecule has 1 fully saturated rings. The van der Waals surface area contributed by atoms with Crippen LogP contribution in [0.25, 0.3) is 0 Å². The molecule has 18 heavy (non-hydrogen) atoms. The minimum Gasteiger partial charge on any atom is -0.311 e. The van der Waals surface area contributed by atoms with Crippen LogP contribution in [-0.2, 0) is 10.0 Å². The summed E-state index contributed by atoms with van der Waals surface area (Å²) in [5.41, 5.74) is 0. The summed E-state index contributed by atoms with van der Waals surface area (Å²) >= 11 is 3.31. The van der Waals surface area contributed by atoms with E-state index >= 15 is 0 Å². The summed E-state index contributed by atoms with van der Waals surface area (Å²) in [6.07, 6.45) is 0. The maximum atomic E-state index is 12.6. The number of nitrogens with zero attached hydrogens (tertiary/aromatic N) is 1. The Morgan fingerprint density at radius 1 is 1.33 bits per heavy atom. The zero-order chi connectivity index (χ0) is 13.3. The van der Waals surface area contributed by atoms with Crippen molar-refractivity contribution in [3.8, 4) is 0 Å². The van der Waals surface area contributed by atoms with E-state index in [4.69, 9.17) is 0 Å². The van der Waals surface area contributed by atoms with Crippen LogP contribution >= 0.6 is 15.9 Å². The summed E-state index contributed by atoms with van der Waals surface area (Å²) in [6, 6.07) is 7.06. The molecule has 1 saturated heterocycles. The van der Waals surface area contributed by atoms with Gasteiger partial charge >= 0.3 is 0 Å². The fraction of sp³-hybridized carbons (Fsp3) is 0.500. The van der Waals surface area contributed by atoms with Crippen molar-refractivity contribution in [2.24, 2.45) is 0 Å². The summed E-state index contributed by atoms with van der Waals surface area (Å²) in [6.45, 7) is 5.14. The number of hydrogen-bond donors (Lipinski definition) is 1. The average molecular weight is 333 g/mol. The molecule has 1 heterocycles. The Balaban J connectivity index is 2.40. The molecule has 0 spiro atoms. The minimum absolute atomic E-state index is 0.0455. The van der Waals surface area contributed by atoms with Gasteiger partial charge in [-0.05, 0) is 41.9 Å². The lowest BCUT2D eigenvalue weighted by Crippen LogP contribution is -2.57. The zero-order valence-electron chi connectivity index (χ0n) is 10.4. The van der Waals surface area contributed by atoms with Crippen LogP contribution < -0.4 is 5.32 Å². The predicted molar refractivity (Wildman–Crippen MR) is 75.0 cm³/mol. The lowest BCUT2D eigenvalue weighted by molar-refractivity contribution is 0.233. The van der Waals surface area contributed by atoms with Crippen LogP contribution in [-0.4, -0.2) is 37.9 Å². The number of rotatable bonds is 2. The van der Waals surface area contributed by atoms with Crippen molar-refractivity contribution >= 4 is 26.0 Å². The van der Waals surface area contributed by atoms with Gasteiger partial charge in [0.2, 0.25) is 10.0 Å². The van der Waals surface area contributed by atoms with E-state index in [-0.39, 0.29) is 12.1 Å². The van der Waals surface area contributed by atoms with E-state index in [1.54, 1.807) is 22.5 Å². The molecule has 0 radical (unpaired) electrons. The third-order valence-corrected chi connectivity index (χ3v) is 6.40. The van der Waals surface area contributed by atoms with Crippen LogP contribution in [0.3, 0.4) is 0 Å². The second kappa shape index (κ2) is 5.28. The molecule has 0 saturated carbocycles. The highest BCUT2D eigenvalue weighted by molar-refractivity contribution is 9.10. The van der Waals surface area contributed by atoms with Gasteiger partial charge in [-0.15, -0.1) is 0 Å². The van der Waals surface area contributed by atoms with Crippen LogP contribution in [0.2, 0.25) is 0 Å². The predicted octanol–water partition coefficient (Wildman–Crippen LogP) is 1.82. The minimum atomic E-state index is -3.43. The molecule has 2 unspecified atom stereocenters. The van der Waals surface area contributed by atoms with Gasteiger partial charge in [-0.3, -0.25) is 0 Å². The Morgan fingerprint density at radius 2 is 2.00 bits per heavy atom. The smallest absolute Gasteiger partial charge is 0.244 e. The van der Waals surface area contributed by atoms with Crippen LogP contribution in [0.4, 0.5) is 0 Å². The van der Waals surface area contributed by atoms with Crippen molar-refractivity contribution in [2.75, 3.05) is 13.1 Å². The van der Waals surface area contributed by atoms with E-state index < -0.39 is 10.0 Å². The largest absolute Gasteiger partial charge is 0.311 e. The highest BCUT2D eigenvalue weighted by atomic mass is 79.9. The molecule has 6 heteroatoms. The Kier molecular flexibility index (Phi) is 4.11. The van der Waals surface area contributed by atoms with Crippen molar-refractivity contribution in [1.82, 2.24) is 9.62 Å². The topological polar surface area (TPSA) is 49.4 Å². The average Bonchev–Trinajstić information content (AvgIpc) is 2.32. The van der Waals surface area contributed by atoms with Gasteiger partial charge in [0.25, 0.3) is 0 Å². The molecule has 0 aliphatic carbocycles. The van der Waals surface area contributed by atoms with Gasteiger partial charge in [-0.25, -0.2) is 8.42 Å². The van der Waals surface area contributed by atoms with Crippen LogP contribution in [0.1, 0.15) is 13.8 Å². The lowest BCUT2D eigenvalue weighted by atomic mass is 10.1. The van der Waals surface area contributed by atoms with Crippen LogP contribution in [0.5, 0.6) is 0 Å². The number of sulfonamides is 1. The molecule has 1 aromatic rings. The van der Waals surface area contributed by atoms with Crippen molar-refractivity contribution in [3.05, 3.63) is 28.7 Å². The number of piperazine rings is 1. The van der Waals surface area contributed by atoms with Gasteiger partial charge in [0.15, 0.2) is 0 Å². The van der Waals surface area contributed by atoms with Gasteiger partial charge in [0.05, 0.1) is 4.90 Å². The maximum Gasteiger partial charge on any atom is 0.244 e. The molecular weight excluding hydrogens is 316 g/mol. The Hall–Kier alpha value is -0.430. The second-order valence-corrected chi connectivity index (χ2v) is 7.24. The molecule has 0 bridgehead atoms. The molecule has 100 valence electrons. The van der Waals surface area contributed by atoms with Crippen LogP contribution in [0.15, 0.2) is 33.6 Å². The van der Waals surface area contributed by atoms with Gasteiger partial charge in [0.1, 0.15) is 0 Å². The summed E-state index contributed by atoms with van der Waals surface area (Å²) in [4.78, 5) is 0.339. The third-order valence-electron chi connectivity index (χ3n) is 3.40. The number of benzene rings is 1. The number of hydrogen-bond acceptors (Lipinski definition) is 3. The van der Waals surface area contributed by atoms with Crippen molar-refractivity contribution in [1.29, 1.82) is 0 Å². The summed E-state index contributed by atoms with van der Waals surface area (Å²) in [5, 5.41) is 3.28. The van der Waals surface area contributed by atoms with Crippen molar-refractivity contribution in [2.45, 2.75) is 30.8 Å². The van der Waals surface area contributed by atoms with E-state index in [9.17, 15) is 8.42 Å². The molecule has 2 rings (SSSR count). The zero-order valence-corrected chi connectivity index (χ0v) is 12.8. The van der Waals surface area contributed by atoms with Crippen LogP contribution in [0, 0.1) is 0 Å². The second-order valence-electron chi connectivity index (χ2n) is 4.53. The highest BCUT2D eigenvalue weighted by Crippen LogP contribution is 2.27. The fourth-order valence-corrected chi connectivity index (χ4v) is 4.81. The molecule has 4 nitrogen and oxygen atoms in total. The molecule has 1 aliphatic heterocycles. The first-order chi connectivity index (χ1) is 8.44. The van der Waals surface area contributed by atoms with Gasteiger partial charge in [-0.1, -0.05) is 12.1 Å². The Labute approximate surface area is 117 Å². The normalized spacial score (nSPS) is 26.2. The Bertz CT molecular complexity index is 533. The summed E-state index contributed by atoms with van der Waals surface area (Å²) < 4.78 is 27.5. The molecule has 1 aromatic carbocycles. The summed E-state index contributed by atoms with van der Waals surface area (Å²) in [7, 11) is -3.43. The first kappa shape index (κ1) is 14.0. The van der Waals surface area contributed by atoms with Gasteiger partial charge < -0.3 is 5.32 Å². The summed E-state index contributed by atoms with van der Waals surface area (Å²) in [5.74, 6) is 0. The molecule has 1 aliphatic rings. The third kappa shape index (κ3) is 2.47. The SMILES string of the molecule is CC1NCCN(S(=O)(=O)c2ccccc2Br)C1C. The monoisotopic (exact) mass is 332 g/mol. The molecular formula is C12H17BrN2O2S. The van der Waals surface area contributed by atoms with E-state index in [1.165, 1.54) is 0 Å². The van der Waals surface area contributed by atoms with Crippen molar-refractivity contribution in [3.63, 3.8) is 0 Å².